The van der Waals surface area contributed by atoms with Crippen LogP contribution in [0.3, 0.4) is 0 Å². The first-order chi connectivity index (χ1) is 14.6. The summed E-state index contributed by atoms with van der Waals surface area (Å²) >= 11 is 0. The van der Waals surface area contributed by atoms with Crippen molar-refractivity contribution in [1.29, 1.82) is 0 Å². The molecule has 0 unspecified atom stereocenters. The van der Waals surface area contributed by atoms with E-state index in [4.69, 9.17) is 18.9 Å². The Kier molecular flexibility index (Phi) is 6.68. The lowest BCUT2D eigenvalue weighted by atomic mass is 9.96. The standard InChI is InChI=1S/C20H23N5O5/c1-27-14-7-5-12(17(11-14)29-3)9-15(19-22-24-25-23-19)20(26)21-13-6-8-16(28-2)18(10-13)30-4/h5-8,10-11,15H,9H2,1-4H3,(H2,21,22,23,24,25,26)/p-1/t15-/m0/s1. The van der Waals surface area contributed by atoms with Gasteiger partial charge in [0.15, 0.2) is 11.5 Å². The minimum absolute atomic E-state index is 0.214. The molecule has 0 radical (unpaired) electrons. The highest BCUT2D eigenvalue weighted by Gasteiger charge is 2.23. The van der Waals surface area contributed by atoms with E-state index in [-0.39, 0.29) is 18.2 Å². The van der Waals surface area contributed by atoms with Gasteiger partial charge in [0.2, 0.25) is 5.91 Å². The molecule has 0 aliphatic rings. The molecular formula is C20H22N5O5-. The molecule has 3 aromatic rings. The summed E-state index contributed by atoms with van der Waals surface area (Å²) in [5, 5.41) is 17.7. The number of amides is 1. The maximum absolute atomic E-state index is 13.1. The molecule has 2 aromatic carbocycles. The van der Waals surface area contributed by atoms with Gasteiger partial charge in [0.05, 0.1) is 34.4 Å². The van der Waals surface area contributed by atoms with Crippen LogP contribution < -0.4 is 29.4 Å². The lowest BCUT2D eigenvalue weighted by Gasteiger charge is -2.19. The molecule has 0 spiro atoms. The zero-order valence-corrected chi connectivity index (χ0v) is 17.1. The fraction of sp³-hybridized carbons (Fsp3) is 0.300. The van der Waals surface area contributed by atoms with E-state index in [0.717, 1.165) is 5.56 Å². The topological polar surface area (TPSA) is 119 Å². The van der Waals surface area contributed by atoms with Crippen molar-refractivity contribution in [2.24, 2.45) is 0 Å². The third-order valence-electron chi connectivity index (χ3n) is 4.53. The molecule has 158 valence electrons. The van der Waals surface area contributed by atoms with Crippen LogP contribution in [-0.4, -0.2) is 49.9 Å². The number of nitrogens with zero attached hydrogens (tertiary/aromatic N) is 4. The summed E-state index contributed by atoms with van der Waals surface area (Å²) in [6.07, 6.45) is 0.277. The van der Waals surface area contributed by atoms with Crippen molar-refractivity contribution >= 4 is 11.6 Å². The number of benzene rings is 2. The molecule has 30 heavy (non-hydrogen) atoms. The van der Waals surface area contributed by atoms with Crippen LogP contribution in [0.15, 0.2) is 36.4 Å². The Morgan fingerprint density at radius 2 is 1.73 bits per heavy atom. The number of rotatable bonds is 9. The molecule has 1 atom stereocenters. The van der Waals surface area contributed by atoms with Crippen LogP contribution in [-0.2, 0) is 11.2 Å². The molecule has 0 fully saturated rings. The molecule has 1 N–H and O–H groups in total. The van der Waals surface area contributed by atoms with Crippen molar-refractivity contribution in [2.45, 2.75) is 12.3 Å². The number of hydrogen-bond acceptors (Lipinski definition) is 8. The van der Waals surface area contributed by atoms with E-state index in [9.17, 15) is 4.79 Å². The number of tetrazole rings is 1. The first-order valence-corrected chi connectivity index (χ1v) is 9.02. The first kappa shape index (κ1) is 20.9. The highest BCUT2D eigenvalue weighted by molar-refractivity contribution is 5.95. The summed E-state index contributed by atoms with van der Waals surface area (Å²) in [6.45, 7) is 0. The highest BCUT2D eigenvalue weighted by atomic mass is 16.5. The molecule has 0 aliphatic carbocycles. The Morgan fingerprint density at radius 1 is 0.967 bits per heavy atom. The van der Waals surface area contributed by atoms with Gasteiger partial charge in [-0.2, -0.15) is 5.21 Å². The second-order valence-corrected chi connectivity index (χ2v) is 6.23. The summed E-state index contributed by atoms with van der Waals surface area (Å²) in [5.41, 5.74) is 1.33. The number of nitrogens with one attached hydrogen (secondary N) is 1. The van der Waals surface area contributed by atoms with Crippen LogP contribution in [0.25, 0.3) is 0 Å². The van der Waals surface area contributed by atoms with Crippen molar-refractivity contribution < 1.29 is 23.7 Å². The Hall–Kier alpha value is -3.82. The van der Waals surface area contributed by atoms with Crippen molar-refractivity contribution in [2.75, 3.05) is 33.8 Å². The summed E-state index contributed by atoms with van der Waals surface area (Å²) in [7, 11) is 6.20. The van der Waals surface area contributed by atoms with E-state index in [0.29, 0.717) is 28.7 Å². The zero-order valence-electron chi connectivity index (χ0n) is 17.1. The van der Waals surface area contributed by atoms with Crippen molar-refractivity contribution in [3.8, 4) is 23.0 Å². The van der Waals surface area contributed by atoms with Crippen LogP contribution in [0.1, 0.15) is 17.3 Å². The molecule has 0 aliphatic heterocycles. The third-order valence-corrected chi connectivity index (χ3v) is 4.53. The lowest BCUT2D eigenvalue weighted by Crippen LogP contribution is -2.24. The van der Waals surface area contributed by atoms with E-state index >= 15 is 0 Å². The summed E-state index contributed by atoms with van der Waals surface area (Å²) < 4.78 is 21.2. The minimum Gasteiger partial charge on any atom is -0.497 e. The molecule has 1 heterocycles. The second kappa shape index (κ2) is 9.59. The van der Waals surface area contributed by atoms with Gasteiger partial charge >= 0.3 is 0 Å². The monoisotopic (exact) mass is 412 g/mol. The van der Waals surface area contributed by atoms with Crippen LogP contribution in [0.5, 0.6) is 23.0 Å². The van der Waals surface area contributed by atoms with E-state index in [2.05, 4.69) is 25.9 Å². The number of hydrogen-bond donors (Lipinski definition) is 1. The largest absolute Gasteiger partial charge is 0.497 e. The second-order valence-electron chi connectivity index (χ2n) is 6.23. The summed E-state index contributed by atoms with van der Waals surface area (Å²) in [4.78, 5) is 13.1. The zero-order chi connectivity index (χ0) is 21.5. The van der Waals surface area contributed by atoms with Gasteiger partial charge < -0.3 is 29.4 Å². The van der Waals surface area contributed by atoms with Crippen molar-refractivity contribution in [3.63, 3.8) is 0 Å². The molecular weight excluding hydrogens is 390 g/mol. The first-order valence-electron chi connectivity index (χ1n) is 9.02. The Bertz CT molecular complexity index is 993. The molecule has 1 aromatic heterocycles. The number of methoxy groups -OCH3 is 4. The number of aromatic nitrogens is 4. The minimum atomic E-state index is -0.740. The van der Waals surface area contributed by atoms with Gasteiger partial charge in [0.25, 0.3) is 0 Å². The van der Waals surface area contributed by atoms with E-state index in [1.807, 2.05) is 6.07 Å². The van der Waals surface area contributed by atoms with E-state index in [1.54, 1.807) is 51.7 Å². The maximum atomic E-state index is 13.1. The maximum Gasteiger partial charge on any atom is 0.232 e. The van der Waals surface area contributed by atoms with Gasteiger partial charge in [-0.05, 0) is 30.2 Å². The average molecular weight is 412 g/mol. The van der Waals surface area contributed by atoms with Crippen LogP contribution in [0.2, 0.25) is 0 Å². The van der Waals surface area contributed by atoms with Crippen molar-refractivity contribution in [3.05, 3.63) is 47.8 Å². The Morgan fingerprint density at radius 3 is 2.37 bits per heavy atom. The smallest absolute Gasteiger partial charge is 0.232 e. The van der Waals surface area contributed by atoms with E-state index in [1.165, 1.54) is 7.11 Å². The van der Waals surface area contributed by atoms with Crippen LogP contribution >= 0.6 is 0 Å². The van der Waals surface area contributed by atoms with Gasteiger partial charge in [0.1, 0.15) is 11.5 Å². The van der Waals surface area contributed by atoms with Crippen molar-refractivity contribution in [1.82, 2.24) is 20.6 Å². The van der Waals surface area contributed by atoms with Gasteiger partial charge in [-0.25, -0.2) is 0 Å². The van der Waals surface area contributed by atoms with Crippen LogP contribution in [0.4, 0.5) is 5.69 Å². The SMILES string of the molecule is COc1ccc(C[C@H](C(=O)Nc2ccc(OC)c(OC)c2)c2nnn[n-]2)c(OC)c1. The molecule has 10 heteroatoms. The number of carbonyl (C=O) groups is 1. The van der Waals surface area contributed by atoms with Gasteiger partial charge in [-0.3, -0.25) is 15.1 Å². The fourth-order valence-corrected chi connectivity index (χ4v) is 2.98. The van der Waals surface area contributed by atoms with Gasteiger partial charge in [-0.15, -0.1) is 0 Å². The Labute approximate surface area is 173 Å². The summed E-state index contributed by atoms with van der Waals surface area (Å²) in [6, 6.07) is 10.5. The number of ether oxygens (including phenoxy) is 4. The molecule has 1 amide bonds. The van der Waals surface area contributed by atoms with E-state index < -0.39 is 5.92 Å². The molecule has 0 saturated heterocycles. The van der Waals surface area contributed by atoms with Crippen LogP contribution in [0, 0.1) is 0 Å². The predicted octanol–water partition coefficient (Wildman–Crippen LogP) is 1.83. The number of carbonyl (C=O) groups excluding carboxylic acids is 1. The third kappa shape index (κ3) is 4.59. The molecule has 0 bridgehead atoms. The highest BCUT2D eigenvalue weighted by Crippen LogP contribution is 2.32. The molecule has 10 nitrogen and oxygen atoms in total. The molecule has 3 rings (SSSR count). The summed E-state index contributed by atoms with van der Waals surface area (Å²) in [5.74, 6) is 1.44. The normalized spacial score (nSPS) is 11.5. The fourth-order valence-electron chi connectivity index (χ4n) is 2.98. The quantitative estimate of drug-likeness (QED) is 0.561. The molecule has 0 saturated carbocycles. The van der Waals surface area contributed by atoms with Gasteiger partial charge in [0, 0.05) is 23.6 Å². The van der Waals surface area contributed by atoms with Gasteiger partial charge in [-0.1, -0.05) is 6.07 Å². The lowest BCUT2D eigenvalue weighted by molar-refractivity contribution is -0.117. The Balaban J connectivity index is 1.87. The predicted molar refractivity (Wildman–Crippen MR) is 107 cm³/mol. The number of anilines is 1. The average Bonchev–Trinajstić information content (AvgIpc) is 3.31.